The van der Waals surface area contributed by atoms with Crippen LogP contribution in [-0.2, 0) is 0 Å². The van der Waals surface area contributed by atoms with Gasteiger partial charge in [0.25, 0.3) is 5.91 Å². The van der Waals surface area contributed by atoms with Crippen LogP contribution in [-0.4, -0.2) is 31.9 Å². The molecule has 17 heavy (non-hydrogen) atoms. The summed E-state index contributed by atoms with van der Waals surface area (Å²) >= 11 is 3.47. The van der Waals surface area contributed by atoms with E-state index in [1.807, 2.05) is 0 Å². The number of halogens is 1. The van der Waals surface area contributed by atoms with Gasteiger partial charge in [0.1, 0.15) is 0 Å². The average molecular weight is 297 g/mol. The zero-order valence-corrected chi connectivity index (χ0v) is 11.0. The van der Waals surface area contributed by atoms with Crippen molar-refractivity contribution in [1.82, 2.24) is 19.9 Å². The van der Waals surface area contributed by atoms with Crippen molar-refractivity contribution in [2.45, 2.75) is 18.2 Å². The summed E-state index contributed by atoms with van der Waals surface area (Å²) < 4.78 is 1.63. The van der Waals surface area contributed by atoms with Crippen LogP contribution in [0.2, 0.25) is 0 Å². The summed E-state index contributed by atoms with van der Waals surface area (Å²) in [5.41, 5.74) is 1.27. The number of amides is 1. The maximum Gasteiger partial charge on any atom is 0.255 e. The van der Waals surface area contributed by atoms with Crippen molar-refractivity contribution in [2.75, 3.05) is 6.54 Å². The highest BCUT2D eigenvalue weighted by atomic mass is 79.9. The van der Waals surface area contributed by atoms with Crippen LogP contribution in [0.5, 0.6) is 0 Å². The molecule has 1 N–H and O–H groups in total. The van der Waals surface area contributed by atoms with Crippen LogP contribution in [0.4, 0.5) is 0 Å². The number of fused-ring (bicyclic) bond motifs is 1. The molecule has 1 unspecified atom stereocenters. The highest BCUT2D eigenvalue weighted by molar-refractivity contribution is 9.09. The van der Waals surface area contributed by atoms with Crippen molar-refractivity contribution < 1.29 is 4.79 Å². The summed E-state index contributed by atoms with van der Waals surface area (Å²) in [6.07, 6.45) is 7.50. The third-order valence-corrected chi connectivity index (χ3v) is 3.47. The Balaban J connectivity index is 2.14. The van der Waals surface area contributed by atoms with Crippen LogP contribution in [0.1, 0.15) is 23.7 Å². The van der Waals surface area contributed by atoms with Crippen molar-refractivity contribution in [3.63, 3.8) is 0 Å². The molecule has 1 atom stereocenters. The standard InChI is InChI=1S/C11H13BrN4O/c1-2-8(12)5-14-11(17)9-6-15-16-4-3-13-7-10(9)16/h3-4,6-8H,2,5H2,1H3,(H,14,17). The molecule has 0 bridgehead atoms. The Labute approximate surface area is 107 Å². The zero-order valence-electron chi connectivity index (χ0n) is 9.43. The number of hydrogen-bond acceptors (Lipinski definition) is 3. The summed E-state index contributed by atoms with van der Waals surface area (Å²) in [4.78, 5) is 16.2. The van der Waals surface area contributed by atoms with Crippen molar-refractivity contribution in [3.05, 3.63) is 30.4 Å². The normalized spacial score (nSPS) is 12.6. The van der Waals surface area contributed by atoms with E-state index in [9.17, 15) is 4.79 Å². The lowest BCUT2D eigenvalue weighted by molar-refractivity contribution is 0.0955. The monoisotopic (exact) mass is 296 g/mol. The van der Waals surface area contributed by atoms with E-state index in [2.05, 4.69) is 38.3 Å². The SMILES string of the molecule is CCC(Br)CNC(=O)c1cnn2ccncc12. The summed E-state index contributed by atoms with van der Waals surface area (Å²) in [5.74, 6) is -0.120. The van der Waals surface area contributed by atoms with E-state index in [-0.39, 0.29) is 5.91 Å². The van der Waals surface area contributed by atoms with E-state index in [4.69, 9.17) is 0 Å². The molecule has 0 radical (unpaired) electrons. The smallest absolute Gasteiger partial charge is 0.255 e. The molecule has 0 aliphatic rings. The number of aromatic nitrogens is 3. The Kier molecular flexibility index (Phi) is 3.73. The molecular weight excluding hydrogens is 284 g/mol. The van der Waals surface area contributed by atoms with Gasteiger partial charge >= 0.3 is 0 Å². The summed E-state index contributed by atoms with van der Waals surface area (Å²) in [6, 6.07) is 0. The summed E-state index contributed by atoms with van der Waals surface area (Å²) in [5, 5.41) is 6.95. The second kappa shape index (κ2) is 5.27. The van der Waals surface area contributed by atoms with Crippen LogP contribution < -0.4 is 5.32 Å². The first-order valence-electron chi connectivity index (χ1n) is 5.42. The Morgan fingerprint density at radius 3 is 3.18 bits per heavy atom. The van der Waals surface area contributed by atoms with E-state index in [0.717, 1.165) is 6.42 Å². The van der Waals surface area contributed by atoms with Gasteiger partial charge in [0.2, 0.25) is 0 Å². The van der Waals surface area contributed by atoms with Gasteiger partial charge < -0.3 is 5.32 Å². The molecule has 0 aliphatic carbocycles. The third kappa shape index (κ3) is 2.63. The number of carbonyl (C=O) groups is 1. The lowest BCUT2D eigenvalue weighted by atomic mass is 10.2. The maximum atomic E-state index is 11.9. The molecule has 1 amide bonds. The quantitative estimate of drug-likeness (QED) is 0.873. The molecule has 0 aliphatic heterocycles. The van der Waals surface area contributed by atoms with Crippen LogP contribution >= 0.6 is 15.9 Å². The lowest BCUT2D eigenvalue weighted by Gasteiger charge is -2.07. The highest BCUT2D eigenvalue weighted by Gasteiger charge is 2.13. The van der Waals surface area contributed by atoms with Gasteiger partial charge in [-0.25, -0.2) is 4.52 Å². The lowest BCUT2D eigenvalue weighted by Crippen LogP contribution is -2.29. The van der Waals surface area contributed by atoms with Gasteiger partial charge in [-0.2, -0.15) is 5.10 Å². The number of nitrogens with one attached hydrogen (secondary N) is 1. The number of rotatable bonds is 4. The fourth-order valence-electron chi connectivity index (χ4n) is 1.45. The fourth-order valence-corrected chi connectivity index (χ4v) is 1.61. The first kappa shape index (κ1) is 12.0. The van der Waals surface area contributed by atoms with Crippen LogP contribution in [0.25, 0.3) is 5.52 Å². The van der Waals surface area contributed by atoms with E-state index in [0.29, 0.717) is 22.5 Å². The van der Waals surface area contributed by atoms with Gasteiger partial charge in [0.05, 0.1) is 23.5 Å². The molecule has 2 aromatic heterocycles. The first-order valence-corrected chi connectivity index (χ1v) is 6.33. The molecule has 0 aromatic carbocycles. The van der Waals surface area contributed by atoms with Gasteiger partial charge in [0, 0.05) is 23.8 Å². The van der Waals surface area contributed by atoms with Crippen LogP contribution in [0, 0.1) is 0 Å². The van der Waals surface area contributed by atoms with E-state index >= 15 is 0 Å². The van der Waals surface area contributed by atoms with E-state index in [1.165, 1.54) is 0 Å². The second-order valence-electron chi connectivity index (χ2n) is 3.68. The molecule has 0 fully saturated rings. The highest BCUT2D eigenvalue weighted by Crippen LogP contribution is 2.09. The van der Waals surface area contributed by atoms with Crippen LogP contribution in [0.15, 0.2) is 24.8 Å². The molecule has 2 aromatic rings. The molecule has 2 heterocycles. The second-order valence-corrected chi connectivity index (χ2v) is 4.97. The van der Waals surface area contributed by atoms with Crippen molar-refractivity contribution >= 4 is 27.4 Å². The van der Waals surface area contributed by atoms with Crippen molar-refractivity contribution in [1.29, 1.82) is 0 Å². The fraction of sp³-hybridized carbons (Fsp3) is 0.364. The molecular formula is C11H13BrN4O. The minimum Gasteiger partial charge on any atom is -0.351 e. The van der Waals surface area contributed by atoms with Crippen molar-refractivity contribution in [3.8, 4) is 0 Å². The Hall–Kier alpha value is -1.43. The van der Waals surface area contributed by atoms with E-state index in [1.54, 1.807) is 29.3 Å². The molecule has 0 saturated heterocycles. The molecule has 2 rings (SSSR count). The van der Waals surface area contributed by atoms with E-state index < -0.39 is 0 Å². The molecule has 0 saturated carbocycles. The Morgan fingerprint density at radius 1 is 1.59 bits per heavy atom. The Morgan fingerprint density at radius 2 is 2.41 bits per heavy atom. The Bertz CT molecular complexity index is 525. The molecule has 0 spiro atoms. The zero-order chi connectivity index (χ0) is 12.3. The number of hydrogen-bond donors (Lipinski definition) is 1. The first-order chi connectivity index (χ1) is 8.22. The number of alkyl halides is 1. The molecule has 6 heteroatoms. The number of carbonyl (C=O) groups excluding carboxylic acids is 1. The van der Waals surface area contributed by atoms with Crippen molar-refractivity contribution in [2.24, 2.45) is 0 Å². The third-order valence-electron chi connectivity index (χ3n) is 2.50. The predicted octanol–water partition coefficient (Wildman–Crippen LogP) is 1.63. The van der Waals surface area contributed by atoms with Gasteiger partial charge in [-0.15, -0.1) is 0 Å². The predicted molar refractivity (Wildman–Crippen MR) is 68.3 cm³/mol. The average Bonchev–Trinajstić information content (AvgIpc) is 2.79. The topological polar surface area (TPSA) is 59.3 Å². The van der Waals surface area contributed by atoms with Crippen LogP contribution in [0.3, 0.4) is 0 Å². The summed E-state index contributed by atoms with van der Waals surface area (Å²) in [6.45, 7) is 2.66. The number of nitrogens with zero attached hydrogens (tertiary/aromatic N) is 3. The minimum atomic E-state index is -0.120. The van der Waals surface area contributed by atoms with Gasteiger partial charge in [-0.1, -0.05) is 22.9 Å². The molecule has 5 nitrogen and oxygen atoms in total. The van der Waals surface area contributed by atoms with Gasteiger partial charge in [-0.3, -0.25) is 9.78 Å². The molecule has 90 valence electrons. The maximum absolute atomic E-state index is 11.9. The van der Waals surface area contributed by atoms with Gasteiger partial charge in [-0.05, 0) is 6.42 Å². The summed E-state index contributed by atoms with van der Waals surface area (Å²) in [7, 11) is 0. The van der Waals surface area contributed by atoms with Gasteiger partial charge in [0.15, 0.2) is 0 Å². The largest absolute Gasteiger partial charge is 0.351 e. The minimum absolute atomic E-state index is 0.120.